The molecule has 0 amide bonds. The zero-order valence-electron chi connectivity index (χ0n) is 10.9. The van der Waals surface area contributed by atoms with Gasteiger partial charge in [0.1, 0.15) is 5.82 Å². The van der Waals surface area contributed by atoms with Crippen LogP contribution in [0.25, 0.3) is 0 Å². The molecule has 2 unspecified atom stereocenters. The van der Waals surface area contributed by atoms with E-state index >= 15 is 0 Å². The van der Waals surface area contributed by atoms with E-state index in [1.54, 1.807) is 30.3 Å². The van der Waals surface area contributed by atoms with Crippen molar-refractivity contribution in [3.05, 3.63) is 71.5 Å². The zero-order chi connectivity index (χ0) is 15.4. The molecule has 0 spiro atoms. The van der Waals surface area contributed by atoms with Crippen molar-refractivity contribution >= 4 is 11.9 Å². The van der Waals surface area contributed by atoms with Gasteiger partial charge in [-0.3, -0.25) is 9.59 Å². The number of hydrogen-bond acceptors (Lipinski definition) is 2. The average Bonchev–Trinajstić information content (AvgIpc) is 2.46. The molecule has 0 aliphatic rings. The number of halogens is 1. The van der Waals surface area contributed by atoms with Crippen LogP contribution in [0.5, 0.6) is 0 Å². The summed E-state index contributed by atoms with van der Waals surface area (Å²) in [6.45, 7) is 0. The van der Waals surface area contributed by atoms with Crippen LogP contribution in [0.3, 0.4) is 0 Å². The highest BCUT2D eigenvalue weighted by Gasteiger charge is 2.36. The lowest BCUT2D eigenvalue weighted by molar-refractivity contribution is -0.147. The lowest BCUT2D eigenvalue weighted by Gasteiger charge is -2.21. The van der Waals surface area contributed by atoms with E-state index in [9.17, 15) is 24.2 Å². The maximum absolute atomic E-state index is 13.0. The molecule has 0 fully saturated rings. The van der Waals surface area contributed by atoms with Crippen molar-refractivity contribution in [1.82, 2.24) is 0 Å². The second-order valence-corrected chi connectivity index (χ2v) is 4.59. The van der Waals surface area contributed by atoms with Crippen LogP contribution >= 0.6 is 0 Å². The summed E-state index contributed by atoms with van der Waals surface area (Å²) in [6.07, 6.45) is 0. The highest BCUT2D eigenvalue weighted by molar-refractivity contribution is 5.88. The third kappa shape index (κ3) is 3.25. The van der Waals surface area contributed by atoms with Crippen LogP contribution in [0.1, 0.15) is 23.0 Å². The van der Waals surface area contributed by atoms with Crippen molar-refractivity contribution in [2.24, 2.45) is 0 Å². The van der Waals surface area contributed by atoms with Gasteiger partial charge in [-0.15, -0.1) is 0 Å². The number of carboxylic acid groups (broad SMARTS) is 2. The number of aliphatic carboxylic acids is 2. The van der Waals surface area contributed by atoms with Gasteiger partial charge in [0, 0.05) is 0 Å². The van der Waals surface area contributed by atoms with Gasteiger partial charge >= 0.3 is 11.9 Å². The summed E-state index contributed by atoms with van der Waals surface area (Å²) >= 11 is 0. The second-order valence-electron chi connectivity index (χ2n) is 4.59. The molecule has 108 valence electrons. The van der Waals surface area contributed by atoms with Gasteiger partial charge in [-0.1, -0.05) is 42.5 Å². The zero-order valence-corrected chi connectivity index (χ0v) is 10.9. The Labute approximate surface area is 120 Å². The summed E-state index contributed by atoms with van der Waals surface area (Å²) in [7, 11) is 0. The van der Waals surface area contributed by atoms with Crippen LogP contribution in [-0.2, 0) is 9.59 Å². The van der Waals surface area contributed by atoms with E-state index in [0.29, 0.717) is 5.56 Å². The average molecular weight is 288 g/mol. The Bertz CT molecular complexity index is 637. The minimum absolute atomic E-state index is 0.250. The van der Waals surface area contributed by atoms with Gasteiger partial charge < -0.3 is 10.2 Å². The number of carboxylic acids is 2. The molecule has 21 heavy (non-hydrogen) atoms. The minimum Gasteiger partial charge on any atom is -0.481 e. The first-order chi connectivity index (χ1) is 10.0. The number of rotatable bonds is 5. The monoisotopic (exact) mass is 288 g/mol. The smallest absolute Gasteiger partial charge is 0.312 e. The van der Waals surface area contributed by atoms with E-state index in [1.165, 1.54) is 12.1 Å². The molecule has 5 heteroatoms. The first-order valence-electron chi connectivity index (χ1n) is 6.26. The van der Waals surface area contributed by atoms with Crippen LogP contribution in [0.2, 0.25) is 0 Å². The van der Waals surface area contributed by atoms with Crippen molar-refractivity contribution in [3.63, 3.8) is 0 Å². The molecule has 2 N–H and O–H groups in total. The normalized spacial score (nSPS) is 13.4. The summed E-state index contributed by atoms with van der Waals surface area (Å²) in [5, 5.41) is 18.8. The largest absolute Gasteiger partial charge is 0.481 e. The van der Waals surface area contributed by atoms with Crippen LogP contribution in [0.15, 0.2) is 54.6 Å². The van der Waals surface area contributed by atoms with Gasteiger partial charge in [0.25, 0.3) is 0 Å². The van der Waals surface area contributed by atoms with Crippen molar-refractivity contribution in [2.75, 3.05) is 0 Å². The van der Waals surface area contributed by atoms with Gasteiger partial charge in [0.15, 0.2) is 0 Å². The molecular formula is C16H13FO4. The molecule has 0 saturated heterocycles. The number of benzene rings is 2. The number of hydrogen-bond donors (Lipinski definition) is 2. The Hall–Kier alpha value is -2.69. The predicted molar refractivity (Wildman–Crippen MR) is 73.6 cm³/mol. The molecule has 0 saturated carbocycles. The summed E-state index contributed by atoms with van der Waals surface area (Å²) in [4.78, 5) is 23.1. The molecule has 0 aliphatic carbocycles. The van der Waals surface area contributed by atoms with E-state index in [4.69, 9.17) is 0 Å². The van der Waals surface area contributed by atoms with Gasteiger partial charge in [0.2, 0.25) is 0 Å². The fourth-order valence-electron chi connectivity index (χ4n) is 2.29. The molecule has 0 radical (unpaired) electrons. The Morgan fingerprint density at radius 1 is 0.762 bits per heavy atom. The Morgan fingerprint density at radius 3 is 1.62 bits per heavy atom. The first-order valence-corrected chi connectivity index (χ1v) is 6.26. The summed E-state index contributed by atoms with van der Waals surface area (Å²) in [5.74, 6) is -5.54. The Kier molecular flexibility index (Phi) is 4.33. The quantitative estimate of drug-likeness (QED) is 0.887. The topological polar surface area (TPSA) is 74.6 Å². The van der Waals surface area contributed by atoms with Crippen molar-refractivity contribution < 1.29 is 24.2 Å². The van der Waals surface area contributed by atoms with Gasteiger partial charge in [0.05, 0.1) is 11.8 Å². The molecule has 0 heterocycles. The second kappa shape index (κ2) is 6.17. The molecule has 2 atom stereocenters. The maximum Gasteiger partial charge on any atom is 0.312 e. The Balaban J connectivity index is 2.50. The summed E-state index contributed by atoms with van der Waals surface area (Å²) in [5.41, 5.74) is 0.641. The fourth-order valence-corrected chi connectivity index (χ4v) is 2.29. The van der Waals surface area contributed by atoms with E-state index in [1.807, 2.05) is 0 Å². The molecule has 0 aromatic heterocycles. The lowest BCUT2D eigenvalue weighted by Crippen LogP contribution is -2.26. The standard InChI is InChI=1S/C16H13FO4/c17-12-8-6-11(7-9-12)14(16(20)21)13(15(18)19)10-4-2-1-3-5-10/h1-9,13-14H,(H,18,19)(H,20,21). The lowest BCUT2D eigenvalue weighted by atomic mass is 9.81. The third-order valence-electron chi connectivity index (χ3n) is 3.25. The number of carbonyl (C=O) groups is 2. The van der Waals surface area contributed by atoms with Crippen LogP contribution in [-0.4, -0.2) is 22.2 Å². The third-order valence-corrected chi connectivity index (χ3v) is 3.25. The van der Waals surface area contributed by atoms with Crippen molar-refractivity contribution in [2.45, 2.75) is 11.8 Å². The van der Waals surface area contributed by atoms with Crippen LogP contribution < -0.4 is 0 Å². The van der Waals surface area contributed by atoms with E-state index < -0.39 is 29.6 Å². The molecular weight excluding hydrogens is 275 g/mol. The minimum atomic E-state index is -1.29. The Morgan fingerprint density at radius 2 is 1.19 bits per heavy atom. The summed E-state index contributed by atoms with van der Waals surface area (Å²) in [6, 6.07) is 13.0. The molecule has 0 bridgehead atoms. The van der Waals surface area contributed by atoms with Crippen LogP contribution in [0.4, 0.5) is 4.39 Å². The van der Waals surface area contributed by atoms with Crippen LogP contribution in [0, 0.1) is 5.82 Å². The maximum atomic E-state index is 13.0. The molecule has 2 aromatic rings. The van der Waals surface area contributed by atoms with Crippen molar-refractivity contribution in [3.8, 4) is 0 Å². The molecule has 2 aromatic carbocycles. The highest BCUT2D eigenvalue weighted by Crippen LogP contribution is 2.33. The fraction of sp³-hybridized carbons (Fsp3) is 0.125. The van der Waals surface area contributed by atoms with Gasteiger partial charge in [-0.2, -0.15) is 0 Å². The molecule has 0 aliphatic heterocycles. The van der Waals surface area contributed by atoms with E-state index in [2.05, 4.69) is 0 Å². The van der Waals surface area contributed by atoms with E-state index in [0.717, 1.165) is 12.1 Å². The van der Waals surface area contributed by atoms with Gasteiger partial charge in [-0.05, 0) is 23.3 Å². The summed E-state index contributed by atoms with van der Waals surface area (Å²) < 4.78 is 13.0. The first kappa shape index (κ1) is 14.7. The highest BCUT2D eigenvalue weighted by atomic mass is 19.1. The SMILES string of the molecule is O=C(O)C(c1ccccc1)C(C(=O)O)c1ccc(F)cc1. The predicted octanol–water partition coefficient (Wildman–Crippen LogP) is 2.86. The molecule has 4 nitrogen and oxygen atoms in total. The van der Waals surface area contributed by atoms with Gasteiger partial charge in [-0.25, -0.2) is 4.39 Å². The molecule has 2 rings (SSSR count). The van der Waals surface area contributed by atoms with E-state index in [-0.39, 0.29) is 5.56 Å². The van der Waals surface area contributed by atoms with Crippen molar-refractivity contribution in [1.29, 1.82) is 0 Å².